The van der Waals surface area contributed by atoms with Crippen LogP contribution in [0.2, 0.25) is 0 Å². The standard InChI is InChI=1S/C23H26N4O4S2/c1-31-20-10-8-19(9-11-20)26-13-15-27(16-14-26)22(28)12-7-18-17-32-23(24-18)25-33(29,30)21-5-3-2-4-6-21/h2-6,8-11,17H,7,12-16H2,1H3,(H,24,25). The number of carbonyl (C=O) groups is 1. The number of nitrogens with zero attached hydrogens (tertiary/aromatic N) is 3. The Kier molecular flexibility index (Phi) is 7.14. The van der Waals surface area contributed by atoms with Gasteiger partial charge in [0.15, 0.2) is 5.13 Å². The van der Waals surface area contributed by atoms with Gasteiger partial charge in [0.25, 0.3) is 10.0 Å². The molecular weight excluding hydrogens is 460 g/mol. The van der Waals surface area contributed by atoms with Crippen LogP contribution >= 0.6 is 11.3 Å². The van der Waals surface area contributed by atoms with Gasteiger partial charge in [-0.05, 0) is 42.8 Å². The van der Waals surface area contributed by atoms with E-state index in [4.69, 9.17) is 4.74 Å². The number of hydrogen-bond donors (Lipinski definition) is 1. The van der Waals surface area contributed by atoms with Crippen LogP contribution in [-0.2, 0) is 21.2 Å². The van der Waals surface area contributed by atoms with E-state index in [1.807, 2.05) is 29.2 Å². The smallest absolute Gasteiger partial charge is 0.263 e. The van der Waals surface area contributed by atoms with Crippen molar-refractivity contribution in [3.05, 3.63) is 65.7 Å². The first-order chi connectivity index (χ1) is 15.9. The van der Waals surface area contributed by atoms with Crippen LogP contribution in [0.4, 0.5) is 10.8 Å². The molecule has 0 radical (unpaired) electrons. The average Bonchev–Trinajstić information content (AvgIpc) is 3.30. The maximum Gasteiger partial charge on any atom is 0.263 e. The molecule has 1 aliphatic rings. The van der Waals surface area contributed by atoms with Crippen LogP contribution in [0.15, 0.2) is 64.9 Å². The maximum atomic E-state index is 12.7. The number of aryl methyl sites for hydroxylation is 1. The molecule has 0 atom stereocenters. The summed E-state index contributed by atoms with van der Waals surface area (Å²) in [4.78, 5) is 21.3. The van der Waals surface area contributed by atoms with Gasteiger partial charge in [0.05, 0.1) is 17.7 Å². The molecule has 2 heterocycles. The van der Waals surface area contributed by atoms with Crippen molar-refractivity contribution < 1.29 is 17.9 Å². The van der Waals surface area contributed by atoms with Crippen molar-refractivity contribution in [2.75, 3.05) is 42.9 Å². The highest BCUT2D eigenvalue weighted by Crippen LogP contribution is 2.22. The number of carbonyl (C=O) groups excluding carboxylic acids is 1. The molecule has 1 amide bonds. The van der Waals surface area contributed by atoms with Crippen molar-refractivity contribution in [2.24, 2.45) is 0 Å². The van der Waals surface area contributed by atoms with Gasteiger partial charge < -0.3 is 14.5 Å². The minimum atomic E-state index is -3.67. The first-order valence-corrected chi connectivity index (χ1v) is 13.0. The van der Waals surface area contributed by atoms with Crippen molar-refractivity contribution >= 4 is 38.1 Å². The van der Waals surface area contributed by atoms with E-state index in [1.165, 1.54) is 23.5 Å². The van der Waals surface area contributed by atoms with E-state index in [2.05, 4.69) is 14.6 Å². The molecule has 0 spiro atoms. The number of nitrogens with one attached hydrogen (secondary N) is 1. The molecule has 1 N–H and O–H groups in total. The number of piperazine rings is 1. The Morgan fingerprint density at radius 1 is 1.06 bits per heavy atom. The number of rotatable bonds is 8. The van der Waals surface area contributed by atoms with Crippen LogP contribution in [0.25, 0.3) is 0 Å². The minimum absolute atomic E-state index is 0.0868. The number of amides is 1. The lowest BCUT2D eigenvalue weighted by molar-refractivity contribution is -0.131. The fourth-order valence-electron chi connectivity index (χ4n) is 3.64. The predicted molar refractivity (Wildman–Crippen MR) is 129 cm³/mol. The second kappa shape index (κ2) is 10.2. The maximum absolute atomic E-state index is 12.7. The summed E-state index contributed by atoms with van der Waals surface area (Å²) in [7, 11) is -2.02. The Bertz CT molecular complexity index is 1170. The largest absolute Gasteiger partial charge is 0.497 e. The van der Waals surface area contributed by atoms with Crippen molar-refractivity contribution in [3.63, 3.8) is 0 Å². The van der Waals surface area contributed by atoms with Crippen LogP contribution in [0.1, 0.15) is 12.1 Å². The summed E-state index contributed by atoms with van der Waals surface area (Å²) in [5.41, 5.74) is 1.83. The van der Waals surface area contributed by atoms with Gasteiger partial charge in [-0.3, -0.25) is 9.52 Å². The second-order valence-corrected chi connectivity index (χ2v) is 10.2. The lowest BCUT2D eigenvalue weighted by Gasteiger charge is -2.36. The summed E-state index contributed by atoms with van der Waals surface area (Å²) >= 11 is 1.22. The second-order valence-electron chi connectivity index (χ2n) is 7.63. The highest BCUT2D eigenvalue weighted by molar-refractivity contribution is 7.93. The van der Waals surface area contributed by atoms with Crippen LogP contribution in [0.3, 0.4) is 0 Å². The summed E-state index contributed by atoms with van der Waals surface area (Å²) in [5.74, 6) is 0.912. The molecule has 1 aliphatic heterocycles. The van der Waals surface area contributed by atoms with E-state index in [9.17, 15) is 13.2 Å². The van der Waals surface area contributed by atoms with E-state index >= 15 is 0 Å². The van der Waals surface area contributed by atoms with Gasteiger partial charge >= 0.3 is 0 Å². The first-order valence-electron chi connectivity index (χ1n) is 10.6. The number of sulfonamides is 1. The average molecular weight is 487 g/mol. The summed E-state index contributed by atoms with van der Waals surface area (Å²) in [6.07, 6.45) is 0.818. The third kappa shape index (κ3) is 5.82. The predicted octanol–water partition coefficient (Wildman–Crippen LogP) is 3.23. The van der Waals surface area contributed by atoms with E-state index in [0.717, 1.165) is 24.5 Å². The van der Waals surface area contributed by atoms with Crippen molar-refractivity contribution in [1.82, 2.24) is 9.88 Å². The number of aromatic nitrogens is 1. The summed E-state index contributed by atoms with van der Waals surface area (Å²) in [5, 5.41) is 2.09. The van der Waals surface area contributed by atoms with E-state index in [-0.39, 0.29) is 10.8 Å². The van der Waals surface area contributed by atoms with Crippen LogP contribution in [0.5, 0.6) is 5.75 Å². The molecule has 0 unspecified atom stereocenters. The van der Waals surface area contributed by atoms with Gasteiger partial charge in [-0.2, -0.15) is 0 Å². The Labute approximate surface area is 197 Å². The Hall–Kier alpha value is -3.11. The lowest BCUT2D eigenvalue weighted by Crippen LogP contribution is -2.48. The molecule has 10 heteroatoms. The lowest BCUT2D eigenvalue weighted by atomic mass is 10.2. The molecular formula is C23H26N4O4S2. The van der Waals surface area contributed by atoms with Crippen molar-refractivity contribution in [2.45, 2.75) is 17.7 Å². The van der Waals surface area contributed by atoms with Gasteiger partial charge in [0.1, 0.15) is 5.75 Å². The van der Waals surface area contributed by atoms with Gasteiger partial charge in [0.2, 0.25) is 5.91 Å². The zero-order valence-corrected chi connectivity index (χ0v) is 19.9. The van der Waals surface area contributed by atoms with Gasteiger partial charge in [0, 0.05) is 43.7 Å². The van der Waals surface area contributed by atoms with Crippen molar-refractivity contribution in [1.29, 1.82) is 0 Å². The Balaban J connectivity index is 1.25. The fraction of sp³-hybridized carbons (Fsp3) is 0.304. The quantitative estimate of drug-likeness (QED) is 0.526. The zero-order valence-electron chi connectivity index (χ0n) is 18.3. The number of anilines is 2. The molecule has 0 aliphatic carbocycles. The summed E-state index contributed by atoms with van der Waals surface area (Å²) < 4.78 is 32.6. The number of hydrogen-bond acceptors (Lipinski definition) is 7. The Morgan fingerprint density at radius 2 is 1.76 bits per heavy atom. The minimum Gasteiger partial charge on any atom is -0.497 e. The number of methoxy groups -OCH3 is 1. The molecule has 1 fully saturated rings. The zero-order chi connectivity index (χ0) is 23.3. The van der Waals surface area contributed by atoms with Gasteiger partial charge in [-0.25, -0.2) is 13.4 Å². The van der Waals surface area contributed by atoms with Crippen LogP contribution < -0.4 is 14.4 Å². The van der Waals surface area contributed by atoms with Crippen molar-refractivity contribution in [3.8, 4) is 5.75 Å². The molecule has 33 heavy (non-hydrogen) atoms. The number of benzene rings is 2. The molecule has 1 aromatic heterocycles. The van der Waals surface area contributed by atoms with Crippen LogP contribution in [-0.4, -0.2) is 57.5 Å². The Morgan fingerprint density at radius 3 is 2.42 bits per heavy atom. The summed E-state index contributed by atoms with van der Waals surface area (Å²) in [6.45, 7) is 2.90. The first kappa shape index (κ1) is 23.1. The fourth-order valence-corrected chi connectivity index (χ4v) is 5.66. The summed E-state index contributed by atoms with van der Waals surface area (Å²) in [6, 6.07) is 16.1. The van der Waals surface area contributed by atoms with Gasteiger partial charge in [-0.1, -0.05) is 18.2 Å². The van der Waals surface area contributed by atoms with E-state index < -0.39 is 10.0 Å². The van der Waals surface area contributed by atoms with Gasteiger partial charge in [-0.15, -0.1) is 11.3 Å². The van der Waals surface area contributed by atoms with Crippen LogP contribution in [0, 0.1) is 0 Å². The third-order valence-electron chi connectivity index (χ3n) is 5.49. The normalized spacial score (nSPS) is 14.2. The SMILES string of the molecule is COc1ccc(N2CCN(C(=O)CCc3csc(NS(=O)(=O)c4ccccc4)n3)CC2)cc1. The third-order valence-corrected chi connectivity index (χ3v) is 7.78. The highest BCUT2D eigenvalue weighted by atomic mass is 32.2. The molecule has 3 aromatic rings. The molecule has 8 nitrogen and oxygen atoms in total. The molecule has 1 saturated heterocycles. The number of ether oxygens (including phenoxy) is 1. The molecule has 174 valence electrons. The number of thiazole rings is 1. The topological polar surface area (TPSA) is 91.8 Å². The van der Waals surface area contributed by atoms with E-state index in [0.29, 0.717) is 36.8 Å². The monoisotopic (exact) mass is 486 g/mol. The highest BCUT2D eigenvalue weighted by Gasteiger charge is 2.22. The molecule has 4 rings (SSSR count). The van der Waals surface area contributed by atoms with E-state index in [1.54, 1.807) is 30.7 Å². The molecule has 0 saturated carbocycles. The molecule has 0 bridgehead atoms. The molecule has 2 aromatic carbocycles.